The molecule has 12 nitrogen and oxygen atoms in total. The van der Waals surface area contributed by atoms with Gasteiger partial charge in [0.25, 0.3) is 0 Å². The van der Waals surface area contributed by atoms with Crippen molar-refractivity contribution in [3.8, 4) is 5.75 Å². The molecule has 0 saturated heterocycles. The van der Waals surface area contributed by atoms with E-state index in [1.165, 1.54) is 6.92 Å². The van der Waals surface area contributed by atoms with Gasteiger partial charge in [0, 0.05) is 13.5 Å². The normalized spacial score (nSPS) is 12.6. The summed E-state index contributed by atoms with van der Waals surface area (Å²) in [5.41, 5.74) is 1.32. The van der Waals surface area contributed by atoms with Crippen molar-refractivity contribution in [2.45, 2.75) is 104 Å². The van der Waals surface area contributed by atoms with Crippen LogP contribution in [-0.2, 0) is 41.6 Å². The number of esters is 1. The van der Waals surface area contributed by atoms with Gasteiger partial charge in [0.05, 0.1) is 13.0 Å². The molecule has 0 saturated carbocycles. The number of carbonyl (C=O) groups excluding carboxylic acids is 5. The first-order chi connectivity index (χ1) is 21.9. The van der Waals surface area contributed by atoms with Crippen LogP contribution in [0.25, 0.3) is 0 Å². The average molecular weight is 655 g/mol. The molecule has 0 bridgehead atoms. The van der Waals surface area contributed by atoms with Crippen LogP contribution < -0.4 is 26.0 Å². The molecule has 0 aliphatic carbocycles. The fourth-order valence-corrected chi connectivity index (χ4v) is 4.37. The predicted octanol–water partition coefficient (Wildman–Crippen LogP) is 3.87. The van der Waals surface area contributed by atoms with E-state index in [2.05, 4.69) is 21.3 Å². The van der Waals surface area contributed by atoms with Gasteiger partial charge in [-0.2, -0.15) is 0 Å². The van der Waals surface area contributed by atoms with Gasteiger partial charge in [0.15, 0.2) is 0 Å². The third-order valence-electron chi connectivity index (χ3n) is 6.49. The van der Waals surface area contributed by atoms with E-state index in [1.807, 2.05) is 43.3 Å². The molecule has 2 rings (SSSR count). The highest BCUT2D eigenvalue weighted by Crippen LogP contribution is 2.18. The van der Waals surface area contributed by atoms with E-state index in [0.717, 1.165) is 16.7 Å². The summed E-state index contributed by atoms with van der Waals surface area (Å²) in [4.78, 5) is 63.1. The molecule has 47 heavy (non-hydrogen) atoms. The molecule has 4 N–H and O–H groups in total. The van der Waals surface area contributed by atoms with Gasteiger partial charge in [0.1, 0.15) is 35.6 Å². The van der Waals surface area contributed by atoms with Gasteiger partial charge >= 0.3 is 12.1 Å². The molecule has 0 unspecified atom stereocenters. The van der Waals surface area contributed by atoms with E-state index in [1.54, 1.807) is 53.7 Å². The van der Waals surface area contributed by atoms with Crippen LogP contribution in [0, 0.1) is 6.92 Å². The average Bonchev–Trinajstić information content (AvgIpc) is 2.95. The fourth-order valence-electron chi connectivity index (χ4n) is 4.37. The van der Waals surface area contributed by atoms with Gasteiger partial charge in [-0.05, 0) is 90.1 Å². The number of nitrogens with one attached hydrogen (secondary N) is 4. The third kappa shape index (κ3) is 16.0. The molecule has 0 fully saturated rings. The first kappa shape index (κ1) is 38.6. The molecule has 2 aromatic carbocycles. The minimum atomic E-state index is -1.23. The number of amides is 4. The first-order valence-corrected chi connectivity index (χ1v) is 15.7. The maximum Gasteiger partial charge on any atom is 0.407 e. The number of hydrogen-bond acceptors (Lipinski definition) is 8. The van der Waals surface area contributed by atoms with Crippen LogP contribution in [0.5, 0.6) is 5.75 Å². The number of ether oxygens (including phenoxy) is 3. The lowest BCUT2D eigenvalue weighted by molar-refractivity contribution is -0.156. The summed E-state index contributed by atoms with van der Waals surface area (Å²) in [7, 11) is 0. The molecule has 0 radical (unpaired) electrons. The number of alkyl carbamates (subject to hydrolysis) is 1. The predicted molar refractivity (Wildman–Crippen MR) is 178 cm³/mol. The van der Waals surface area contributed by atoms with E-state index in [4.69, 9.17) is 14.2 Å². The fraction of sp³-hybridized carbons (Fsp3) is 0.514. The second-order valence-electron chi connectivity index (χ2n) is 13.2. The minimum Gasteiger partial charge on any atom is -0.492 e. The summed E-state index contributed by atoms with van der Waals surface area (Å²) in [5, 5.41) is 10.8. The Bertz CT molecular complexity index is 1370. The SMILES string of the molecule is CC(=O)N[C@@H](CC(=O)OC(C)(C)C)C(=O)N[C@@H](CCc1ccccc1)C(=O)NCc1cc(OCCNC(=O)OC(C)(C)C)ccc1C. The topological polar surface area (TPSA) is 161 Å². The van der Waals surface area contributed by atoms with E-state index in [0.29, 0.717) is 12.2 Å². The number of benzene rings is 2. The van der Waals surface area contributed by atoms with Crippen molar-refractivity contribution >= 4 is 29.8 Å². The maximum atomic E-state index is 13.5. The Hall–Kier alpha value is -4.61. The first-order valence-electron chi connectivity index (χ1n) is 15.7. The highest BCUT2D eigenvalue weighted by atomic mass is 16.6. The van der Waals surface area contributed by atoms with E-state index in [9.17, 15) is 24.0 Å². The third-order valence-corrected chi connectivity index (χ3v) is 6.49. The largest absolute Gasteiger partial charge is 0.492 e. The summed E-state index contributed by atoms with van der Waals surface area (Å²) in [6.07, 6.45) is -0.159. The van der Waals surface area contributed by atoms with Crippen molar-refractivity contribution < 1.29 is 38.2 Å². The summed E-state index contributed by atoms with van der Waals surface area (Å²) in [5.74, 6) is -1.71. The summed E-state index contributed by atoms with van der Waals surface area (Å²) in [6, 6.07) is 12.8. The van der Waals surface area contributed by atoms with Crippen LogP contribution in [0.3, 0.4) is 0 Å². The highest BCUT2D eigenvalue weighted by molar-refractivity contribution is 5.94. The van der Waals surface area contributed by atoms with Crippen LogP contribution in [0.4, 0.5) is 4.79 Å². The molecular formula is C35H50N4O8. The molecule has 258 valence electrons. The number of carbonyl (C=O) groups is 5. The quantitative estimate of drug-likeness (QED) is 0.166. The van der Waals surface area contributed by atoms with E-state index >= 15 is 0 Å². The Balaban J connectivity index is 2.10. The Kier molecular flexibility index (Phi) is 14.7. The summed E-state index contributed by atoms with van der Waals surface area (Å²) < 4.78 is 16.3. The van der Waals surface area contributed by atoms with Crippen LogP contribution in [0.15, 0.2) is 48.5 Å². The van der Waals surface area contributed by atoms with E-state index in [-0.39, 0.29) is 26.1 Å². The van der Waals surface area contributed by atoms with E-state index < -0.39 is 59.5 Å². The monoisotopic (exact) mass is 654 g/mol. The Morgan fingerprint density at radius 2 is 1.45 bits per heavy atom. The van der Waals surface area contributed by atoms with Crippen molar-refractivity contribution in [3.05, 3.63) is 65.2 Å². The minimum absolute atomic E-state index is 0.156. The highest BCUT2D eigenvalue weighted by Gasteiger charge is 2.30. The molecule has 2 atom stereocenters. The molecular weight excluding hydrogens is 604 g/mol. The Labute approximate surface area is 277 Å². The van der Waals surface area contributed by atoms with Gasteiger partial charge in [-0.3, -0.25) is 19.2 Å². The second-order valence-corrected chi connectivity index (χ2v) is 13.2. The van der Waals surface area contributed by atoms with Crippen LogP contribution in [0.1, 0.15) is 78.0 Å². The smallest absolute Gasteiger partial charge is 0.407 e. The lowest BCUT2D eigenvalue weighted by atomic mass is 10.0. The number of aryl methyl sites for hydroxylation is 2. The number of hydrogen-bond donors (Lipinski definition) is 4. The molecule has 0 aromatic heterocycles. The Morgan fingerprint density at radius 1 is 0.787 bits per heavy atom. The van der Waals surface area contributed by atoms with Crippen molar-refractivity contribution in [2.24, 2.45) is 0 Å². The lowest BCUT2D eigenvalue weighted by Crippen LogP contribution is -2.54. The molecule has 0 aliphatic rings. The van der Waals surface area contributed by atoms with Gasteiger partial charge in [-0.15, -0.1) is 0 Å². The van der Waals surface area contributed by atoms with Gasteiger partial charge in [0.2, 0.25) is 17.7 Å². The van der Waals surface area contributed by atoms with Crippen molar-refractivity contribution in [1.82, 2.24) is 21.3 Å². The zero-order valence-corrected chi connectivity index (χ0v) is 28.8. The lowest BCUT2D eigenvalue weighted by Gasteiger charge is -2.24. The molecule has 0 heterocycles. The van der Waals surface area contributed by atoms with Gasteiger partial charge < -0.3 is 35.5 Å². The zero-order chi connectivity index (χ0) is 35.2. The van der Waals surface area contributed by atoms with Crippen LogP contribution in [0.2, 0.25) is 0 Å². The molecule has 4 amide bonds. The Morgan fingerprint density at radius 3 is 2.06 bits per heavy atom. The molecule has 0 aliphatic heterocycles. The molecule has 0 spiro atoms. The molecule has 2 aromatic rings. The summed E-state index contributed by atoms with van der Waals surface area (Å²) in [6.45, 7) is 14.2. The second kappa shape index (κ2) is 17.9. The van der Waals surface area contributed by atoms with Crippen LogP contribution >= 0.6 is 0 Å². The van der Waals surface area contributed by atoms with Crippen molar-refractivity contribution in [1.29, 1.82) is 0 Å². The molecule has 12 heteroatoms. The van der Waals surface area contributed by atoms with Gasteiger partial charge in [-0.1, -0.05) is 36.4 Å². The van der Waals surface area contributed by atoms with Crippen molar-refractivity contribution in [3.63, 3.8) is 0 Å². The standard InChI is InChI=1S/C35H50N4O8/c1-23-14-16-27(45-19-18-36-33(44)47-35(6,7)8)20-26(23)22-37-31(42)28(17-15-25-12-10-9-11-13-25)39-32(43)29(38-24(2)40)21-30(41)46-34(3,4)5/h9-14,16,20,28-29H,15,17-19,21-22H2,1-8H3,(H,36,44)(H,37,42)(H,38,40)(H,39,43)/t28-,29-/m0/s1. The maximum absolute atomic E-state index is 13.5. The zero-order valence-electron chi connectivity index (χ0n) is 28.8. The number of rotatable bonds is 15. The van der Waals surface area contributed by atoms with Crippen molar-refractivity contribution in [2.75, 3.05) is 13.2 Å². The summed E-state index contributed by atoms with van der Waals surface area (Å²) >= 11 is 0. The van der Waals surface area contributed by atoms with Gasteiger partial charge in [-0.25, -0.2) is 4.79 Å². The van der Waals surface area contributed by atoms with Crippen LogP contribution in [-0.4, -0.2) is 66.2 Å².